The molecule has 0 radical (unpaired) electrons. The van der Waals surface area contributed by atoms with Crippen LogP contribution in [0.2, 0.25) is 0 Å². The van der Waals surface area contributed by atoms with E-state index < -0.39 is 12.0 Å². The highest BCUT2D eigenvalue weighted by Crippen LogP contribution is 1.96. The Kier molecular flexibility index (Phi) is 12.3. The van der Waals surface area contributed by atoms with E-state index >= 15 is 0 Å². The molecular weight excluding hydrogens is 262 g/mol. The lowest BCUT2D eigenvalue weighted by Crippen LogP contribution is -2.41. The number of quaternary nitrogens is 1. The Morgan fingerprint density at radius 3 is 2.15 bits per heavy atom. The van der Waals surface area contributed by atoms with Crippen LogP contribution in [0.4, 0.5) is 0 Å². The van der Waals surface area contributed by atoms with Crippen molar-refractivity contribution in [2.45, 2.75) is 32.2 Å². The molecule has 1 atom stereocenters. The lowest BCUT2D eigenvalue weighted by Gasteiger charge is -2.23. The third-order valence-corrected chi connectivity index (χ3v) is 2.34. The van der Waals surface area contributed by atoms with Crippen molar-refractivity contribution in [3.63, 3.8) is 0 Å². The Hall–Kier alpha value is -1.18. The van der Waals surface area contributed by atoms with Gasteiger partial charge in [0.1, 0.15) is 13.2 Å². The van der Waals surface area contributed by atoms with Gasteiger partial charge in [-0.15, -0.1) is 0 Å². The Bertz CT molecular complexity index is 277. The van der Waals surface area contributed by atoms with E-state index in [0.717, 1.165) is 23.9 Å². The summed E-state index contributed by atoms with van der Waals surface area (Å²) in [6.07, 6.45) is 2.03. The lowest BCUT2D eigenvalue weighted by molar-refractivity contribution is -0.870. The van der Waals surface area contributed by atoms with Crippen LogP contribution in [0.5, 0.6) is 0 Å². The fraction of sp³-hybridized carbons (Fsp3) is 0.846. The van der Waals surface area contributed by atoms with Crippen molar-refractivity contribution in [1.29, 1.82) is 0 Å². The summed E-state index contributed by atoms with van der Waals surface area (Å²) in [5.74, 6) is -1.38. The first-order valence-electron chi connectivity index (χ1n) is 6.70. The summed E-state index contributed by atoms with van der Waals surface area (Å²) in [5.41, 5.74) is 10.3. The predicted octanol–water partition coefficient (Wildman–Crippen LogP) is -1.55. The zero-order valence-corrected chi connectivity index (χ0v) is 13.1. The van der Waals surface area contributed by atoms with E-state index in [-0.39, 0.29) is 5.97 Å². The molecule has 0 aromatic carbocycles. The maximum Gasteiger partial charge on any atom is 0.302 e. The molecule has 20 heavy (non-hydrogen) atoms. The molecule has 0 fully saturated rings. The molecule has 0 heterocycles. The van der Waals surface area contributed by atoms with E-state index in [1.165, 1.54) is 6.92 Å². The topological polar surface area (TPSA) is 118 Å². The monoisotopic (exact) mass is 291 g/mol. The first-order chi connectivity index (χ1) is 9.10. The summed E-state index contributed by atoms with van der Waals surface area (Å²) in [7, 11) is 6.18. The van der Waals surface area contributed by atoms with Gasteiger partial charge in [0.2, 0.25) is 0 Å². The van der Waals surface area contributed by atoms with Crippen LogP contribution in [-0.2, 0) is 14.3 Å². The molecule has 7 nitrogen and oxygen atoms in total. The number of nitrogens with zero attached hydrogens (tertiary/aromatic N) is 1. The van der Waals surface area contributed by atoms with Gasteiger partial charge in [0.25, 0.3) is 0 Å². The number of carboxylic acid groups (broad SMARTS) is 1. The standard InChI is InChI=1S/C7H16NO2.C6H14N2O2/c1-7(9)10-6-5-8(2,3)4;7-4-2-1-3-5(8)6(9)10/h5-6H2,1-4H3;5H,1-4,7-8H2,(H,9,10)/q+1;/p-1/t;5-/m.0/s1. The van der Waals surface area contributed by atoms with Crippen LogP contribution in [0.15, 0.2) is 0 Å². The molecule has 0 aromatic rings. The van der Waals surface area contributed by atoms with Gasteiger partial charge in [-0.2, -0.15) is 0 Å². The second-order valence-corrected chi connectivity index (χ2v) is 5.56. The maximum absolute atomic E-state index is 10.3. The van der Waals surface area contributed by atoms with Crippen molar-refractivity contribution in [2.75, 3.05) is 40.8 Å². The Balaban J connectivity index is 0. The molecule has 0 saturated carbocycles. The molecule has 120 valence electrons. The quantitative estimate of drug-likeness (QED) is 0.317. The van der Waals surface area contributed by atoms with Gasteiger partial charge in [0.05, 0.1) is 27.1 Å². The number of nitrogens with two attached hydrogens (primary N) is 2. The zero-order valence-electron chi connectivity index (χ0n) is 13.1. The van der Waals surface area contributed by atoms with Gasteiger partial charge in [-0.3, -0.25) is 4.79 Å². The van der Waals surface area contributed by atoms with Gasteiger partial charge < -0.3 is 30.6 Å². The molecule has 0 aliphatic carbocycles. The normalized spacial score (nSPS) is 12.1. The number of carbonyl (C=O) groups excluding carboxylic acids is 2. The number of carboxylic acids is 1. The lowest BCUT2D eigenvalue weighted by atomic mass is 10.1. The highest BCUT2D eigenvalue weighted by Gasteiger charge is 2.06. The summed E-state index contributed by atoms with van der Waals surface area (Å²) in [5, 5.41) is 10.0. The van der Waals surface area contributed by atoms with Crippen LogP contribution in [-0.4, -0.2) is 63.3 Å². The van der Waals surface area contributed by atoms with Gasteiger partial charge in [-0.1, -0.05) is 6.42 Å². The second kappa shape index (κ2) is 11.6. The summed E-state index contributed by atoms with van der Waals surface area (Å²) < 4.78 is 5.59. The van der Waals surface area contributed by atoms with Gasteiger partial charge in [-0.25, -0.2) is 0 Å². The van der Waals surface area contributed by atoms with Crippen LogP contribution < -0.4 is 16.6 Å². The van der Waals surface area contributed by atoms with Crippen molar-refractivity contribution in [3.8, 4) is 0 Å². The van der Waals surface area contributed by atoms with Crippen molar-refractivity contribution < 1.29 is 23.9 Å². The minimum atomic E-state index is -1.18. The molecule has 0 aliphatic rings. The molecular formula is C13H29N3O4. The summed E-state index contributed by atoms with van der Waals surface area (Å²) in [6, 6.07) is -0.827. The van der Waals surface area contributed by atoms with Crippen molar-refractivity contribution >= 4 is 11.9 Å². The Morgan fingerprint density at radius 2 is 1.80 bits per heavy atom. The number of likely N-dealkylation sites (N-methyl/N-ethyl adjacent to an activating group) is 1. The fourth-order valence-corrected chi connectivity index (χ4v) is 1.09. The molecule has 0 aromatic heterocycles. The van der Waals surface area contributed by atoms with E-state index in [2.05, 4.69) is 21.1 Å². The Labute approximate surface area is 121 Å². The molecule has 7 heteroatoms. The number of esters is 1. The third-order valence-electron chi connectivity index (χ3n) is 2.34. The molecule has 0 unspecified atom stereocenters. The summed E-state index contributed by atoms with van der Waals surface area (Å²) >= 11 is 0. The van der Waals surface area contributed by atoms with Crippen LogP contribution in [0.1, 0.15) is 26.2 Å². The minimum Gasteiger partial charge on any atom is -0.548 e. The van der Waals surface area contributed by atoms with Crippen molar-refractivity contribution in [2.24, 2.45) is 11.5 Å². The van der Waals surface area contributed by atoms with E-state index in [9.17, 15) is 14.7 Å². The van der Waals surface area contributed by atoms with Gasteiger partial charge >= 0.3 is 5.97 Å². The van der Waals surface area contributed by atoms with E-state index in [1.807, 2.05) is 0 Å². The SMILES string of the molecule is CC(=O)OCC[N+](C)(C)C.NCCCC[C@H](N)C(=O)[O-]. The van der Waals surface area contributed by atoms with E-state index in [0.29, 0.717) is 19.6 Å². The molecule has 0 rings (SSSR count). The van der Waals surface area contributed by atoms with Crippen LogP contribution in [0.3, 0.4) is 0 Å². The molecule has 4 N–H and O–H groups in total. The second-order valence-electron chi connectivity index (χ2n) is 5.56. The number of rotatable bonds is 8. The van der Waals surface area contributed by atoms with Crippen LogP contribution in [0.25, 0.3) is 0 Å². The Morgan fingerprint density at radius 1 is 1.25 bits per heavy atom. The minimum absolute atomic E-state index is 0.201. The number of aliphatic carboxylic acids is 1. The highest BCUT2D eigenvalue weighted by molar-refractivity contribution is 5.70. The van der Waals surface area contributed by atoms with Gasteiger partial charge in [-0.05, 0) is 19.4 Å². The first-order valence-corrected chi connectivity index (χ1v) is 6.70. The average Bonchev–Trinajstić information content (AvgIpc) is 2.27. The predicted molar refractivity (Wildman–Crippen MR) is 75.4 cm³/mol. The molecule has 0 aliphatic heterocycles. The average molecular weight is 291 g/mol. The number of ether oxygens (including phenoxy) is 1. The van der Waals surface area contributed by atoms with E-state index in [1.54, 1.807) is 0 Å². The molecule has 0 spiro atoms. The smallest absolute Gasteiger partial charge is 0.302 e. The third kappa shape index (κ3) is 19.2. The number of hydrogen-bond donors (Lipinski definition) is 2. The van der Waals surface area contributed by atoms with Crippen LogP contribution >= 0.6 is 0 Å². The number of unbranched alkanes of at least 4 members (excludes halogenated alkanes) is 1. The van der Waals surface area contributed by atoms with Gasteiger partial charge in [0.15, 0.2) is 0 Å². The largest absolute Gasteiger partial charge is 0.548 e. The van der Waals surface area contributed by atoms with E-state index in [4.69, 9.17) is 16.2 Å². The molecule has 0 bridgehead atoms. The zero-order chi connectivity index (χ0) is 16.2. The van der Waals surface area contributed by atoms with Crippen molar-refractivity contribution in [1.82, 2.24) is 0 Å². The van der Waals surface area contributed by atoms with Crippen molar-refractivity contribution in [3.05, 3.63) is 0 Å². The first kappa shape index (κ1) is 21.1. The van der Waals surface area contributed by atoms with Gasteiger partial charge in [0, 0.05) is 13.0 Å². The summed E-state index contributed by atoms with van der Waals surface area (Å²) in [6.45, 7) is 3.38. The molecule has 0 amide bonds. The fourth-order valence-electron chi connectivity index (χ4n) is 1.09. The maximum atomic E-state index is 10.3. The number of hydrogen-bond acceptors (Lipinski definition) is 6. The molecule has 0 saturated heterocycles. The summed E-state index contributed by atoms with van der Waals surface area (Å²) in [4.78, 5) is 20.3. The van der Waals surface area contributed by atoms with Crippen LogP contribution in [0, 0.1) is 0 Å². The highest BCUT2D eigenvalue weighted by atomic mass is 16.5. The number of carbonyl (C=O) groups is 2.